The second-order valence-electron chi connectivity index (χ2n) is 3.58. The van der Waals surface area contributed by atoms with Gasteiger partial charge in [0.15, 0.2) is 0 Å². The zero-order valence-electron chi connectivity index (χ0n) is 8.66. The Morgan fingerprint density at radius 1 is 1.12 bits per heavy atom. The van der Waals surface area contributed by atoms with Gasteiger partial charge in [0, 0.05) is 15.2 Å². The van der Waals surface area contributed by atoms with Crippen LogP contribution in [0.4, 0.5) is 0 Å². The number of benzene rings is 2. The Bertz CT molecular complexity index is 672. The molecule has 0 saturated heterocycles. The first-order valence-corrected chi connectivity index (χ1v) is 6.96. The van der Waals surface area contributed by atoms with Crippen LogP contribution in [0.15, 0.2) is 50.2 Å². The summed E-state index contributed by atoms with van der Waals surface area (Å²) in [6, 6.07) is 12.3. The molecule has 0 N–H and O–H groups in total. The standard InChI is InChI=1S/C13H9BrOS/c1-16-12-7-8(14)6-10-9-4-2-3-5-11(9)15-13(10)12/h2-7H,1H3. The number of fused-ring (bicyclic) bond motifs is 3. The minimum absolute atomic E-state index is 0.950. The van der Waals surface area contributed by atoms with E-state index in [4.69, 9.17) is 4.42 Å². The van der Waals surface area contributed by atoms with Gasteiger partial charge in [0.2, 0.25) is 0 Å². The van der Waals surface area contributed by atoms with Crippen molar-refractivity contribution in [3.63, 3.8) is 0 Å². The van der Waals surface area contributed by atoms with Gasteiger partial charge >= 0.3 is 0 Å². The molecule has 0 atom stereocenters. The van der Waals surface area contributed by atoms with Crippen LogP contribution >= 0.6 is 27.7 Å². The molecule has 0 unspecified atom stereocenters. The summed E-state index contributed by atoms with van der Waals surface area (Å²) in [5.74, 6) is 0. The molecular formula is C13H9BrOS. The summed E-state index contributed by atoms with van der Waals surface area (Å²) in [7, 11) is 0. The fourth-order valence-corrected chi connectivity index (χ4v) is 3.10. The second-order valence-corrected chi connectivity index (χ2v) is 5.35. The highest BCUT2D eigenvalue weighted by Gasteiger charge is 2.10. The van der Waals surface area contributed by atoms with Gasteiger partial charge in [0.05, 0.1) is 4.90 Å². The lowest BCUT2D eigenvalue weighted by Crippen LogP contribution is -1.73. The van der Waals surface area contributed by atoms with E-state index in [0.717, 1.165) is 15.6 Å². The lowest BCUT2D eigenvalue weighted by molar-refractivity contribution is 0.660. The monoisotopic (exact) mass is 292 g/mol. The van der Waals surface area contributed by atoms with Crippen molar-refractivity contribution in [1.29, 1.82) is 0 Å². The third-order valence-corrected chi connectivity index (χ3v) is 3.83. The van der Waals surface area contributed by atoms with E-state index in [0.29, 0.717) is 0 Å². The predicted octanol–water partition coefficient (Wildman–Crippen LogP) is 5.07. The molecule has 3 heteroatoms. The van der Waals surface area contributed by atoms with E-state index < -0.39 is 0 Å². The Balaban J connectivity index is 2.54. The highest BCUT2D eigenvalue weighted by molar-refractivity contribution is 9.10. The van der Waals surface area contributed by atoms with E-state index in [1.807, 2.05) is 18.2 Å². The molecule has 1 heterocycles. The van der Waals surface area contributed by atoms with Crippen molar-refractivity contribution >= 4 is 49.6 Å². The molecule has 3 rings (SSSR count). The third kappa shape index (κ3) is 1.46. The average Bonchev–Trinajstić information content (AvgIpc) is 2.67. The Labute approximate surface area is 106 Å². The molecule has 1 aromatic heterocycles. The molecule has 0 amide bonds. The van der Waals surface area contributed by atoms with Crippen molar-refractivity contribution in [2.24, 2.45) is 0 Å². The van der Waals surface area contributed by atoms with Gasteiger partial charge in [0.25, 0.3) is 0 Å². The molecule has 80 valence electrons. The molecule has 16 heavy (non-hydrogen) atoms. The zero-order chi connectivity index (χ0) is 11.1. The maximum Gasteiger partial charge on any atom is 0.149 e. The van der Waals surface area contributed by atoms with Crippen LogP contribution < -0.4 is 0 Å². The molecule has 0 bridgehead atoms. The second kappa shape index (κ2) is 3.82. The van der Waals surface area contributed by atoms with Crippen molar-refractivity contribution in [3.8, 4) is 0 Å². The highest BCUT2D eigenvalue weighted by atomic mass is 79.9. The minimum atomic E-state index is 0.950. The lowest BCUT2D eigenvalue weighted by atomic mass is 10.1. The van der Waals surface area contributed by atoms with Gasteiger partial charge in [-0.3, -0.25) is 0 Å². The Morgan fingerprint density at radius 2 is 1.94 bits per heavy atom. The highest BCUT2D eigenvalue weighted by Crippen LogP contribution is 2.36. The van der Waals surface area contributed by atoms with Crippen LogP contribution in [0.2, 0.25) is 0 Å². The summed E-state index contributed by atoms with van der Waals surface area (Å²) in [5, 5.41) is 2.35. The molecular weight excluding hydrogens is 284 g/mol. The van der Waals surface area contributed by atoms with E-state index in [1.54, 1.807) is 11.8 Å². The minimum Gasteiger partial charge on any atom is -0.455 e. The number of furan rings is 1. The molecule has 0 aliphatic rings. The molecule has 0 aliphatic heterocycles. The van der Waals surface area contributed by atoms with Crippen LogP contribution in [0.3, 0.4) is 0 Å². The van der Waals surface area contributed by atoms with E-state index in [2.05, 4.69) is 40.4 Å². The Morgan fingerprint density at radius 3 is 2.75 bits per heavy atom. The summed E-state index contributed by atoms with van der Waals surface area (Å²) in [4.78, 5) is 1.17. The molecule has 2 aromatic carbocycles. The van der Waals surface area contributed by atoms with Crippen molar-refractivity contribution in [3.05, 3.63) is 40.9 Å². The van der Waals surface area contributed by atoms with Crippen molar-refractivity contribution < 1.29 is 4.42 Å². The van der Waals surface area contributed by atoms with Crippen molar-refractivity contribution in [2.45, 2.75) is 4.90 Å². The van der Waals surface area contributed by atoms with Crippen LogP contribution in [0, 0.1) is 0 Å². The molecule has 0 saturated carbocycles. The van der Waals surface area contributed by atoms with Gasteiger partial charge < -0.3 is 4.42 Å². The zero-order valence-corrected chi connectivity index (χ0v) is 11.1. The van der Waals surface area contributed by atoms with Gasteiger partial charge in [-0.05, 0) is 24.5 Å². The fourth-order valence-electron chi connectivity index (χ4n) is 1.91. The summed E-state index contributed by atoms with van der Waals surface area (Å²) in [6.07, 6.45) is 2.06. The smallest absolute Gasteiger partial charge is 0.149 e. The summed E-state index contributed by atoms with van der Waals surface area (Å²) >= 11 is 5.24. The molecule has 0 aliphatic carbocycles. The normalized spacial score (nSPS) is 11.4. The number of halogens is 1. The number of rotatable bonds is 1. The Hall–Kier alpha value is -0.930. The molecule has 3 aromatic rings. The molecule has 1 nitrogen and oxygen atoms in total. The number of hydrogen-bond acceptors (Lipinski definition) is 2. The predicted molar refractivity (Wildman–Crippen MR) is 73.2 cm³/mol. The van der Waals surface area contributed by atoms with Gasteiger partial charge in [-0.2, -0.15) is 0 Å². The van der Waals surface area contributed by atoms with Crippen LogP contribution in [-0.4, -0.2) is 6.26 Å². The van der Waals surface area contributed by atoms with Crippen molar-refractivity contribution in [1.82, 2.24) is 0 Å². The molecule has 0 fully saturated rings. The number of para-hydroxylation sites is 1. The Kier molecular flexibility index (Phi) is 2.45. The summed E-state index contributed by atoms with van der Waals surface area (Å²) < 4.78 is 6.98. The fraction of sp³-hybridized carbons (Fsp3) is 0.0769. The van der Waals surface area contributed by atoms with E-state index in [9.17, 15) is 0 Å². The van der Waals surface area contributed by atoms with Crippen LogP contribution in [0.25, 0.3) is 21.9 Å². The van der Waals surface area contributed by atoms with Crippen LogP contribution in [-0.2, 0) is 0 Å². The summed E-state index contributed by atoms with van der Waals surface area (Å²) in [6.45, 7) is 0. The summed E-state index contributed by atoms with van der Waals surface area (Å²) in [5.41, 5.74) is 1.93. The van der Waals surface area contributed by atoms with Crippen LogP contribution in [0.5, 0.6) is 0 Å². The van der Waals surface area contributed by atoms with E-state index >= 15 is 0 Å². The van der Waals surface area contributed by atoms with E-state index in [-0.39, 0.29) is 0 Å². The lowest BCUT2D eigenvalue weighted by Gasteiger charge is -1.98. The SMILES string of the molecule is CSc1cc(Br)cc2c1oc1ccccc12. The molecule has 0 radical (unpaired) electrons. The average molecular weight is 293 g/mol. The van der Waals surface area contributed by atoms with Gasteiger partial charge in [-0.1, -0.05) is 34.1 Å². The quantitative estimate of drug-likeness (QED) is 0.581. The number of hydrogen-bond donors (Lipinski definition) is 0. The van der Waals surface area contributed by atoms with Crippen LogP contribution in [0.1, 0.15) is 0 Å². The third-order valence-electron chi connectivity index (χ3n) is 2.63. The topological polar surface area (TPSA) is 13.1 Å². The van der Waals surface area contributed by atoms with Crippen molar-refractivity contribution in [2.75, 3.05) is 6.26 Å². The van der Waals surface area contributed by atoms with Gasteiger partial charge in [-0.25, -0.2) is 0 Å². The first kappa shape index (κ1) is 10.2. The van der Waals surface area contributed by atoms with Gasteiger partial charge in [-0.15, -0.1) is 11.8 Å². The molecule has 0 spiro atoms. The van der Waals surface area contributed by atoms with E-state index in [1.165, 1.54) is 15.7 Å². The van der Waals surface area contributed by atoms with Gasteiger partial charge in [0.1, 0.15) is 11.2 Å². The maximum absolute atomic E-state index is 5.89. The first-order valence-electron chi connectivity index (χ1n) is 4.94. The number of thioether (sulfide) groups is 1. The maximum atomic E-state index is 5.89. The largest absolute Gasteiger partial charge is 0.455 e. The first-order chi connectivity index (χ1) is 7.79.